The Kier molecular flexibility index (Phi) is 5.96. The van der Waals surface area contributed by atoms with Gasteiger partial charge in [-0.3, -0.25) is 9.69 Å². The molecular formula is C17H28N4O2S. The number of unbranched alkanes of at least 4 members (excludes halogenated alkanes) is 1. The first-order valence-corrected chi connectivity index (χ1v) is 9.57. The summed E-state index contributed by atoms with van der Waals surface area (Å²) in [6.07, 6.45) is 3.06. The second kappa shape index (κ2) is 7.59. The fourth-order valence-corrected chi connectivity index (χ4v) is 3.76. The van der Waals surface area contributed by atoms with Gasteiger partial charge in [-0.1, -0.05) is 25.1 Å². The van der Waals surface area contributed by atoms with E-state index in [2.05, 4.69) is 28.7 Å². The van der Waals surface area contributed by atoms with Gasteiger partial charge in [-0.15, -0.1) is 0 Å². The summed E-state index contributed by atoms with van der Waals surface area (Å²) in [6.45, 7) is 11.2. The Bertz CT molecular complexity index is 624. The summed E-state index contributed by atoms with van der Waals surface area (Å²) in [7, 11) is 0. The number of rotatable bonds is 8. The van der Waals surface area contributed by atoms with E-state index < -0.39 is 5.54 Å². The number of carbonyl (C=O) groups is 2. The summed E-state index contributed by atoms with van der Waals surface area (Å²) in [5.41, 5.74) is 1.51. The van der Waals surface area contributed by atoms with Crippen molar-refractivity contribution in [3.63, 3.8) is 0 Å². The maximum absolute atomic E-state index is 12.1. The Morgan fingerprint density at radius 3 is 2.46 bits per heavy atom. The minimum atomic E-state index is -0.783. The lowest BCUT2D eigenvalue weighted by atomic mass is 10.1. The maximum Gasteiger partial charge on any atom is 0.325 e. The monoisotopic (exact) mass is 352 g/mol. The van der Waals surface area contributed by atoms with Gasteiger partial charge in [0.2, 0.25) is 0 Å². The number of imidazole rings is 1. The van der Waals surface area contributed by atoms with E-state index in [0.29, 0.717) is 6.54 Å². The van der Waals surface area contributed by atoms with Crippen LogP contribution in [0.4, 0.5) is 4.79 Å². The molecule has 1 aliphatic rings. The Morgan fingerprint density at radius 1 is 1.17 bits per heavy atom. The molecule has 2 heterocycles. The Hall–Kier alpha value is -1.50. The van der Waals surface area contributed by atoms with Crippen molar-refractivity contribution in [1.29, 1.82) is 0 Å². The first-order valence-electron chi connectivity index (χ1n) is 8.58. The predicted molar refractivity (Wildman–Crippen MR) is 96.3 cm³/mol. The van der Waals surface area contributed by atoms with Crippen LogP contribution >= 0.6 is 11.8 Å². The molecular weight excluding hydrogens is 324 g/mol. The molecule has 1 aliphatic heterocycles. The molecule has 1 fully saturated rings. The summed E-state index contributed by atoms with van der Waals surface area (Å²) < 4.78 is 2.28. The van der Waals surface area contributed by atoms with Crippen LogP contribution in [0.1, 0.15) is 51.4 Å². The molecule has 0 aromatic carbocycles. The van der Waals surface area contributed by atoms with Crippen LogP contribution in [0.5, 0.6) is 0 Å². The summed E-state index contributed by atoms with van der Waals surface area (Å²) >= 11 is 1.70. The third kappa shape index (κ3) is 3.94. The number of nitrogens with zero attached hydrogens (tertiary/aromatic N) is 3. The van der Waals surface area contributed by atoms with Crippen molar-refractivity contribution in [1.82, 2.24) is 19.8 Å². The first kappa shape index (κ1) is 18.8. The van der Waals surface area contributed by atoms with Crippen molar-refractivity contribution in [2.75, 3.05) is 12.3 Å². The highest BCUT2D eigenvalue weighted by Gasteiger charge is 2.43. The highest BCUT2D eigenvalue weighted by atomic mass is 32.2. The number of hydrogen-bond donors (Lipinski definition) is 1. The molecule has 0 aliphatic carbocycles. The molecule has 134 valence electrons. The van der Waals surface area contributed by atoms with Crippen molar-refractivity contribution in [3.8, 4) is 0 Å². The van der Waals surface area contributed by atoms with Crippen molar-refractivity contribution in [2.24, 2.45) is 0 Å². The van der Waals surface area contributed by atoms with Crippen molar-refractivity contribution < 1.29 is 9.59 Å². The number of aryl methyl sites for hydroxylation is 1. The number of nitrogens with one attached hydrogen (secondary N) is 1. The average molecular weight is 353 g/mol. The van der Waals surface area contributed by atoms with Gasteiger partial charge >= 0.3 is 6.03 Å². The number of urea groups is 1. The highest BCUT2D eigenvalue weighted by molar-refractivity contribution is 7.99. The van der Waals surface area contributed by atoms with Crippen LogP contribution in [-0.4, -0.2) is 44.2 Å². The molecule has 0 unspecified atom stereocenters. The molecule has 6 nitrogen and oxygen atoms in total. The van der Waals surface area contributed by atoms with Crippen molar-refractivity contribution in [3.05, 3.63) is 11.4 Å². The number of aromatic nitrogens is 2. The van der Waals surface area contributed by atoms with Crippen LogP contribution in [0.15, 0.2) is 5.16 Å². The van der Waals surface area contributed by atoms with Gasteiger partial charge in [0.25, 0.3) is 5.91 Å². The molecule has 0 spiro atoms. The largest absolute Gasteiger partial charge is 0.325 e. The molecule has 2 rings (SSSR count). The second-order valence-electron chi connectivity index (χ2n) is 6.78. The number of imide groups is 1. The maximum atomic E-state index is 12.1. The number of hydrogen-bond acceptors (Lipinski definition) is 4. The number of carbonyl (C=O) groups excluding carboxylic acids is 2. The molecule has 0 saturated carbocycles. The van der Waals surface area contributed by atoms with E-state index in [1.807, 2.05) is 6.92 Å². The fraction of sp³-hybridized carbons (Fsp3) is 0.706. The molecule has 7 heteroatoms. The molecule has 3 amide bonds. The minimum Gasteiger partial charge on any atom is -0.324 e. The van der Waals surface area contributed by atoms with E-state index in [1.165, 1.54) is 10.6 Å². The smallest absolute Gasteiger partial charge is 0.324 e. The summed E-state index contributed by atoms with van der Waals surface area (Å²) in [5, 5.41) is 3.75. The zero-order valence-electron chi connectivity index (χ0n) is 15.3. The lowest BCUT2D eigenvalue weighted by Crippen LogP contribution is -2.40. The average Bonchev–Trinajstić information content (AvgIpc) is 2.88. The van der Waals surface area contributed by atoms with Gasteiger partial charge in [0, 0.05) is 24.5 Å². The normalized spacial score (nSPS) is 16.8. The van der Waals surface area contributed by atoms with Gasteiger partial charge in [-0.2, -0.15) is 0 Å². The van der Waals surface area contributed by atoms with Crippen molar-refractivity contribution >= 4 is 23.7 Å². The van der Waals surface area contributed by atoms with Gasteiger partial charge < -0.3 is 9.88 Å². The van der Waals surface area contributed by atoms with E-state index in [-0.39, 0.29) is 11.9 Å². The molecule has 1 N–H and O–H groups in total. The topological polar surface area (TPSA) is 67.2 Å². The first-order chi connectivity index (χ1) is 11.3. The van der Waals surface area contributed by atoms with Crippen LogP contribution in [0.2, 0.25) is 0 Å². The SMILES string of the molecule is CCCCn1c(SCCCN2C(=O)NC(C)(C)C2=O)nc(C)c1C. The lowest BCUT2D eigenvalue weighted by Gasteiger charge is -2.15. The van der Waals surface area contributed by atoms with Crippen LogP contribution in [0.3, 0.4) is 0 Å². The van der Waals surface area contributed by atoms with Gasteiger partial charge in [-0.25, -0.2) is 9.78 Å². The van der Waals surface area contributed by atoms with E-state index in [9.17, 15) is 9.59 Å². The third-order valence-electron chi connectivity index (χ3n) is 4.36. The Morgan fingerprint density at radius 2 is 1.88 bits per heavy atom. The minimum absolute atomic E-state index is 0.145. The molecule has 1 aromatic rings. The van der Waals surface area contributed by atoms with Gasteiger partial charge in [0.05, 0.1) is 5.69 Å². The van der Waals surface area contributed by atoms with Crippen LogP contribution in [0, 0.1) is 13.8 Å². The molecule has 1 aromatic heterocycles. The Balaban J connectivity index is 1.88. The van der Waals surface area contributed by atoms with E-state index >= 15 is 0 Å². The molecule has 24 heavy (non-hydrogen) atoms. The Labute approximate surface area is 148 Å². The van der Waals surface area contributed by atoms with E-state index in [4.69, 9.17) is 0 Å². The quantitative estimate of drug-likeness (QED) is 0.443. The summed E-state index contributed by atoms with van der Waals surface area (Å²) in [4.78, 5) is 30.0. The zero-order chi connectivity index (χ0) is 17.9. The molecule has 0 bridgehead atoms. The van der Waals surface area contributed by atoms with Crippen LogP contribution in [0.25, 0.3) is 0 Å². The van der Waals surface area contributed by atoms with Crippen molar-refractivity contribution in [2.45, 2.75) is 71.1 Å². The zero-order valence-corrected chi connectivity index (χ0v) is 16.1. The summed E-state index contributed by atoms with van der Waals surface area (Å²) in [6, 6.07) is -0.286. The second-order valence-corrected chi connectivity index (χ2v) is 7.85. The number of amides is 3. The summed E-state index contributed by atoms with van der Waals surface area (Å²) in [5.74, 6) is 0.688. The number of thioether (sulfide) groups is 1. The predicted octanol–water partition coefficient (Wildman–Crippen LogP) is 3.11. The van der Waals surface area contributed by atoms with Gasteiger partial charge in [0.15, 0.2) is 5.16 Å². The van der Waals surface area contributed by atoms with Crippen LogP contribution < -0.4 is 5.32 Å². The molecule has 0 atom stereocenters. The fourth-order valence-electron chi connectivity index (χ4n) is 2.72. The van der Waals surface area contributed by atoms with Crippen LogP contribution in [-0.2, 0) is 11.3 Å². The molecule has 0 radical (unpaired) electrons. The van der Waals surface area contributed by atoms with E-state index in [0.717, 1.165) is 42.4 Å². The van der Waals surface area contributed by atoms with E-state index in [1.54, 1.807) is 25.6 Å². The van der Waals surface area contributed by atoms with Gasteiger partial charge in [0.1, 0.15) is 5.54 Å². The third-order valence-corrected chi connectivity index (χ3v) is 5.42. The van der Waals surface area contributed by atoms with Gasteiger partial charge in [-0.05, 0) is 40.5 Å². The molecule has 1 saturated heterocycles. The standard InChI is InChI=1S/C17H28N4O2S/c1-6-7-9-20-13(3)12(2)18-16(20)24-11-8-10-21-14(22)17(4,5)19-15(21)23/h6-11H2,1-5H3,(H,19,23). The highest BCUT2D eigenvalue weighted by Crippen LogP contribution is 2.23. The lowest BCUT2D eigenvalue weighted by molar-refractivity contribution is -0.130.